The van der Waals surface area contributed by atoms with Gasteiger partial charge in [-0.2, -0.15) is 4.98 Å². The van der Waals surface area contributed by atoms with Crippen LogP contribution in [0.4, 0.5) is 5.95 Å². The van der Waals surface area contributed by atoms with Crippen molar-refractivity contribution in [2.24, 2.45) is 0 Å². The molecule has 0 saturated carbocycles. The summed E-state index contributed by atoms with van der Waals surface area (Å²) >= 11 is 0. The molecule has 1 atom stereocenters. The van der Waals surface area contributed by atoms with E-state index < -0.39 is 0 Å². The van der Waals surface area contributed by atoms with Gasteiger partial charge in [-0.1, -0.05) is 13.8 Å². The van der Waals surface area contributed by atoms with Crippen molar-refractivity contribution in [3.8, 4) is 0 Å². The van der Waals surface area contributed by atoms with Gasteiger partial charge in [0, 0.05) is 26.1 Å². The molecule has 1 heterocycles. The van der Waals surface area contributed by atoms with Gasteiger partial charge in [0.15, 0.2) is 0 Å². The highest BCUT2D eigenvalue weighted by Crippen LogP contribution is 2.09. The Labute approximate surface area is 97.2 Å². The SMILES string of the molecule is CCNC(CC)Cc1nc(N(C)CC)no1. The summed E-state index contributed by atoms with van der Waals surface area (Å²) < 4.78 is 5.22. The van der Waals surface area contributed by atoms with Crippen LogP contribution < -0.4 is 10.2 Å². The Kier molecular flexibility index (Phi) is 5.25. The molecule has 5 heteroatoms. The Morgan fingerprint density at radius 3 is 2.69 bits per heavy atom. The third-order valence-electron chi connectivity index (χ3n) is 2.68. The van der Waals surface area contributed by atoms with Crippen LogP contribution in [-0.4, -0.2) is 36.3 Å². The second kappa shape index (κ2) is 6.48. The average molecular weight is 226 g/mol. The first-order valence-corrected chi connectivity index (χ1v) is 5.98. The van der Waals surface area contributed by atoms with Gasteiger partial charge in [0.2, 0.25) is 5.89 Å². The van der Waals surface area contributed by atoms with Crippen LogP contribution in [0.5, 0.6) is 0 Å². The topological polar surface area (TPSA) is 54.2 Å². The third-order valence-corrected chi connectivity index (χ3v) is 2.68. The first-order valence-electron chi connectivity index (χ1n) is 5.98. The van der Waals surface area contributed by atoms with Gasteiger partial charge in [-0.05, 0) is 25.0 Å². The minimum atomic E-state index is 0.422. The van der Waals surface area contributed by atoms with Crippen molar-refractivity contribution >= 4 is 5.95 Å². The molecule has 1 aromatic heterocycles. The lowest BCUT2D eigenvalue weighted by atomic mass is 10.1. The average Bonchev–Trinajstić information content (AvgIpc) is 2.76. The zero-order chi connectivity index (χ0) is 12.0. The summed E-state index contributed by atoms with van der Waals surface area (Å²) in [6, 6.07) is 0.422. The number of aromatic nitrogens is 2. The molecule has 1 N–H and O–H groups in total. The van der Waals surface area contributed by atoms with Crippen molar-refractivity contribution in [1.29, 1.82) is 0 Å². The molecule has 1 rings (SSSR count). The molecule has 0 saturated heterocycles. The number of nitrogens with one attached hydrogen (secondary N) is 1. The predicted molar refractivity (Wildman–Crippen MR) is 64.7 cm³/mol. The summed E-state index contributed by atoms with van der Waals surface area (Å²) in [6.45, 7) is 8.16. The van der Waals surface area contributed by atoms with Crippen LogP contribution in [0.25, 0.3) is 0 Å². The van der Waals surface area contributed by atoms with Gasteiger partial charge < -0.3 is 14.7 Å². The molecule has 1 aromatic rings. The number of likely N-dealkylation sites (N-methyl/N-ethyl adjacent to an activating group) is 1. The third kappa shape index (κ3) is 3.48. The highest BCUT2D eigenvalue weighted by Gasteiger charge is 2.13. The van der Waals surface area contributed by atoms with E-state index in [0.717, 1.165) is 25.9 Å². The number of hydrogen-bond donors (Lipinski definition) is 1. The number of nitrogens with zero attached hydrogens (tertiary/aromatic N) is 3. The predicted octanol–water partition coefficient (Wildman–Crippen LogP) is 1.46. The van der Waals surface area contributed by atoms with E-state index in [4.69, 9.17) is 4.52 Å². The van der Waals surface area contributed by atoms with Gasteiger partial charge in [0.25, 0.3) is 5.95 Å². The van der Waals surface area contributed by atoms with E-state index >= 15 is 0 Å². The molecule has 0 spiro atoms. The Balaban J connectivity index is 2.56. The van der Waals surface area contributed by atoms with E-state index in [9.17, 15) is 0 Å². The fourth-order valence-corrected chi connectivity index (χ4v) is 1.49. The molecule has 0 aromatic carbocycles. The molecule has 1 unspecified atom stereocenters. The minimum Gasteiger partial charge on any atom is -0.342 e. The van der Waals surface area contributed by atoms with Crippen LogP contribution in [0.1, 0.15) is 33.1 Å². The first kappa shape index (κ1) is 13.0. The Morgan fingerprint density at radius 2 is 2.12 bits per heavy atom. The summed E-state index contributed by atoms with van der Waals surface area (Å²) in [5.41, 5.74) is 0. The number of hydrogen-bond acceptors (Lipinski definition) is 5. The maximum Gasteiger partial charge on any atom is 0.265 e. The van der Waals surface area contributed by atoms with Crippen LogP contribution in [0.15, 0.2) is 4.52 Å². The molecule has 0 bridgehead atoms. The molecule has 0 fully saturated rings. The molecule has 5 nitrogen and oxygen atoms in total. The zero-order valence-corrected chi connectivity index (χ0v) is 10.7. The van der Waals surface area contributed by atoms with Crippen LogP contribution in [0.2, 0.25) is 0 Å². The van der Waals surface area contributed by atoms with Crippen molar-refractivity contribution in [3.63, 3.8) is 0 Å². The molecule has 0 aliphatic carbocycles. The van der Waals surface area contributed by atoms with Gasteiger partial charge in [0.1, 0.15) is 0 Å². The van der Waals surface area contributed by atoms with Crippen LogP contribution in [0.3, 0.4) is 0 Å². The number of rotatable bonds is 7. The summed E-state index contributed by atoms with van der Waals surface area (Å²) in [5.74, 6) is 1.38. The molecule has 92 valence electrons. The maximum atomic E-state index is 5.22. The quantitative estimate of drug-likeness (QED) is 0.762. The highest BCUT2D eigenvalue weighted by molar-refractivity contribution is 5.25. The van der Waals surface area contributed by atoms with E-state index in [2.05, 4.69) is 36.2 Å². The van der Waals surface area contributed by atoms with Gasteiger partial charge in [0.05, 0.1) is 0 Å². The lowest BCUT2D eigenvalue weighted by molar-refractivity contribution is 0.355. The monoisotopic (exact) mass is 226 g/mol. The standard InChI is InChI=1S/C11H22N4O/c1-5-9(12-6-2)8-10-13-11(14-16-10)15(4)7-3/h9,12H,5-8H2,1-4H3. The number of anilines is 1. The van der Waals surface area contributed by atoms with E-state index in [1.54, 1.807) is 0 Å². The molecule has 16 heavy (non-hydrogen) atoms. The smallest absolute Gasteiger partial charge is 0.265 e. The van der Waals surface area contributed by atoms with Crippen molar-refractivity contribution in [3.05, 3.63) is 5.89 Å². The summed E-state index contributed by atoms with van der Waals surface area (Å²) in [6.07, 6.45) is 1.87. The second-order valence-corrected chi connectivity index (χ2v) is 3.87. The van der Waals surface area contributed by atoms with Gasteiger partial charge in [-0.15, -0.1) is 0 Å². The van der Waals surface area contributed by atoms with E-state index in [0.29, 0.717) is 17.9 Å². The van der Waals surface area contributed by atoms with Crippen LogP contribution in [0, 0.1) is 0 Å². The molecule has 0 aliphatic heterocycles. The Morgan fingerprint density at radius 1 is 1.38 bits per heavy atom. The Bertz CT molecular complexity index is 300. The highest BCUT2D eigenvalue weighted by atomic mass is 16.5. The van der Waals surface area contributed by atoms with E-state index in [1.807, 2.05) is 11.9 Å². The van der Waals surface area contributed by atoms with E-state index in [1.165, 1.54) is 0 Å². The Hall–Kier alpha value is -1.10. The van der Waals surface area contributed by atoms with Gasteiger partial charge in [-0.25, -0.2) is 0 Å². The maximum absolute atomic E-state index is 5.22. The minimum absolute atomic E-state index is 0.422. The first-order chi connectivity index (χ1) is 7.71. The lowest BCUT2D eigenvalue weighted by Gasteiger charge is -2.12. The summed E-state index contributed by atoms with van der Waals surface area (Å²) in [5, 5.41) is 7.34. The van der Waals surface area contributed by atoms with Crippen molar-refractivity contribution < 1.29 is 4.52 Å². The lowest BCUT2D eigenvalue weighted by Crippen LogP contribution is -2.30. The molecule has 0 aliphatic rings. The second-order valence-electron chi connectivity index (χ2n) is 3.87. The fourth-order valence-electron chi connectivity index (χ4n) is 1.49. The van der Waals surface area contributed by atoms with E-state index in [-0.39, 0.29) is 0 Å². The largest absolute Gasteiger partial charge is 0.342 e. The fraction of sp³-hybridized carbons (Fsp3) is 0.818. The summed E-state index contributed by atoms with van der Waals surface area (Å²) in [7, 11) is 1.95. The van der Waals surface area contributed by atoms with Crippen molar-refractivity contribution in [1.82, 2.24) is 15.5 Å². The van der Waals surface area contributed by atoms with Crippen LogP contribution in [-0.2, 0) is 6.42 Å². The van der Waals surface area contributed by atoms with Crippen molar-refractivity contribution in [2.75, 3.05) is 25.0 Å². The molecular formula is C11H22N4O. The molecule has 0 amide bonds. The van der Waals surface area contributed by atoms with Crippen LogP contribution >= 0.6 is 0 Å². The molecular weight excluding hydrogens is 204 g/mol. The van der Waals surface area contributed by atoms with Crippen molar-refractivity contribution in [2.45, 2.75) is 39.7 Å². The van der Waals surface area contributed by atoms with Gasteiger partial charge in [-0.3, -0.25) is 0 Å². The normalized spacial score (nSPS) is 12.8. The zero-order valence-electron chi connectivity index (χ0n) is 10.7. The summed E-state index contributed by atoms with van der Waals surface area (Å²) in [4.78, 5) is 6.32. The molecule has 0 radical (unpaired) electrons. The van der Waals surface area contributed by atoms with Gasteiger partial charge >= 0.3 is 0 Å².